The number of phenolic OH excluding ortho intramolecular Hbond substituents is 2. The molecule has 1 aromatic rings. The topological polar surface area (TPSA) is 107 Å². The van der Waals surface area contributed by atoms with Gasteiger partial charge in [-0.1, -0.05) is 20.8 Å². The van der Waals surface area contributed by atoms with Crippen molar-refractivity contribution >= 4 is 11.9 Å². The molecule has 0 bridgehead atoms. The second-order valence-electron chi connectivity index (χ2n) is 5.31. The number of carboxylic acids is 1. The van der Waals surface area contributed by atoms with E-state index < -0.39 is 29.1 Å². The lowest BCUT2D eigenvalue weighted by atomic mass is 9.86. The van der Waals surface area contributed by atoms with Gasteiger partial charge in [0.2, 0.25) is 0 Å². The molecular weight excluding hydrogens is 250 g/mol. The fourth-order valence-electron chi connectivity index (χ4n) is 1.53. The molecule has 19 heavy (non-hydrogen) atoms. The first-order valence-electron chi connectivity index (χ1n) is 5.68. The quantitative estimate of drug-likeness (QED) is 0.618. The lowest BCUT2D eigenvalue weighted by Crippen LogP contribution is -2.49. The van der Waals surface area contributed by atoms with Gasteiger partial charge in [0.25, 0.3) is 5.91 Å². The predicted octanol–water partition coefficient (Wildman–Crippen LogP) is 1.33. The van der Waals surface area contributed by atoms with Crippen molar-refractivity contribution in [3.05, 3.63) is 23.8 Å². The first-order chi connectivity index (χ1) is 8.62. The lowest BCUT2D eigenvalue weighted by Gasteiger charge is -2.27. The third-order valence-corrected chi connectivity index (χ3v) is 2.63. The predicted molar refractivity (Wildman–Crippen MR) is 68.1 cm³/mol. The highest BCUT2D eigenvalue weighted by molar-refractivity contribution is 5.97. The Bertz CT molecular complexity index is 504. The van der Waals surface area contributed by atoms with Crippen LogP contribution in [-0.4, -0.2) is 33.2 Å². The van der Waals surface area contributed by atoms with Gasteiger partial charge in [0.15, 0.2) is 11.5 Å². The normalized spacial score (nSPS) is 12.8. The molecule has 0 spiro atoms. The van der Waals surface area contributed by atoms with Gasteiger partial charge in [-0.15, -0.1) is 0 Å². The molecule has 1 atom stereocenters. The molecule has 0 aliphatic heterocycles. The molecule has 1 aromatic carbocycles. The van der Waals surface area contributed by atoms with Crippen molar-refractivity contribution in [1.29, 1.82) is 0 Å². The molecular formula is C13H17NO5. The second kappa shape index (κ2) is 5.17. The van der Waals surface area contributed by atoms with E-state index in [1.807, 2.05) is 0 Å². The zero-order chi connectivity index (χ0) is 14.8. The zero-order valence-corrected chi connectivity index (χ0v) is 11.0. The van der Waals surface area contributed by atoms with Gasteiger partial charge in [0.1, 0.15) is 6.04 Å². The first-order valence-corrected chi connectivity index (χ1v) is 5.68. The zero-order valence-electron chi connectivity index (χ0n) is 11.0. The van der Waals surface area contributed by atoms with E-state index in [-0.39, 0.29) is 11.3 Å². The Morgan fingerprint density at radius 1 is 1.16 bits per heavy atom. The van der Waals surface area contributed by atoms with Crippen molar-refractivity contribution in [2.24, 2.45) is 5.41 Å². The summed E-state index contributed by atoms with van der Waals surface area (Å²) in [5.41, 5.74) is -0.578. The van der Waals surface area contributed by atoms with Crippen molar-refractivity contribution in [3.8, 4) is 11.5 Å². The number of phenols is 2. The fraction of sp³-hybridized carbons (Fsp3) is 0.385. The third kappa shape index (κ3) is 3.61. The summed E-state index contributed by atoms with van der Waals surface area (Å²) in [6.45, 7) is 5.08. The maximum atomic E-state index is 11.9. The van der Waals surface area contributed by atoms with E-state index in [0.717, 1.165) is 12.1 Å². The number of hydrogen-bond acceptors (Lipinski definition) is 4. The largest absolute Gasteiger partial charge is 0.504 e. The molecule has 0 aromatic heterocycles. The van der Waals surface area contributed by atoms with E-state index in [1.165, 1.54) is 6.07 Å². The first kappa shape index (κ1) is 14.8. The Labute approximate surface area is 110 Å². The van der Waals surface area contributed by atoms with Gasteiger partial charge in [0, 0.05) is 5.56 Å². The van der Waals surface area contributed by atoms with Crippen LogP contribution in [-0.2, 0) is 4.79 Å². The fourth-order valence-corrected chi connectivity index (χ4v) is 1.53. The summed E-state index contributed by atoms with van der Waals surface area (Å²) in [5.74, 6) is -2.54. The van der Waals surface area contributed by atoms with Crippen LogP contribution in [0.5, 0.6) is 11.5 Å². The molecule has 1 amide bonds. The summed E-state index contributed by atoms with van der Waals surface area (Å²) in [5, 5.41) is 29.9. The van der Waals surface area contributed by atoms with E-state index in [4.69, 9.17) is 10.2 Å². The maximum absolute atomic E-state index is 11.9. The van der Waals surface area contributed by atoms with Crippen molar-refractivity contribution in [2.75, 3.05) is 0 Å². The van der Waals surface area contributed by atoms with Crippen LogP contribution in [0.25, 0.3) is 0 Å². The molecule has 0 saturated carbocycles. The average Bonchev–Trinajstić information content (AvgIpc) is 2.27. The van der Waals surface area contributed by atoms with Crippen LogP contribution in [0.4, 0.5) is 0 Å². The molecule has 0 heterocycles. The molecule has 6 heteroatoms. The van der Waals surface area contributed by atoms with Crippen molar-refractivity contribution < 1.29 is 24.9 Å². The highest BCUT2D eigenvalue weighted by Gasteiger charge is 2.32. The summed E-state index contributed by atoms with van der Waals surface area (Å²) in [7, 11) is 0. The number of aliphatic carboxylic acids is 1. The molecule has 1 rings (SSSR count). The summed E-state index contributed by atoms with van der Waals surface area (Å²) in [4.78, 5) is 23.0. The lowest BCUT2D eigenvalue weighted by molar-refractivity contribution is -0.142. The summed E-state index contributed by atoms with van der Waals surface area (Å²) in [6, 6.07) is 2.48. The molecule has 104 valence electrons. The van der Waals surface area contributed by atoms with Crippen LogP contribution in [0.15, 0.2) is 18.2 Å². The van der Waals surface area contributed by atoms with Gasteiger partial charge in [-0.25, -0.2) is 4.79 Å². The van der Waals surface area contributed by atoms with Crippen molar-refractivity contribution in [3.63, 3.8) is 0 Å². The number of amides is 1. The Morgan fingerprint density at radius 3 is 2.16 bits per heavy atom. The Balaban J connectivity index is 2.94. The van der Waals surface area contributed by atoms with Crippen molar-refractivity contribution in [2.45, 2.75) is 26.8 Å². The third-order valence-electron chi connectivity index (χ3n) is 2.63. The Morgan fingerprint density at radius 2 is 1.74 bits per heavy atom. The van der Waals surface area contributed by atoms with Gasteiger partial charge in [-0.3, -0.25) is 4.79 Å². The number of aromatic hydroxyl groups is 2. The van der Waals surface area contributed by atoms with Crippen LogP contribution < -0.4 is 5.32 Å². The van der Waals surface area contributed by atoms with Gasteiger partial charge in [-0.2, -0.15) is 0 Å². The van der Waals surface area contributed by atoms with Gasteiger partial charge < -0.3 is 20.6 Å². The van der Waals surface area contributed by atoms with Crippen LogP contribution in [0, 0.1) is 5.41 Å². The van der Waals surface area contributed by atoms with Crippen molar-refractivity contribution in [1.82, 2.24) is 5.32 Å². The van der Waals surface area contributed by atoms with Gasteiger partial charge in [0.05, 0.1) is 0 Å². The molecule has 0 aliphatic rings. The number of rotatable bonds is 3. The minimum atomic E-state index is -1.14. The number of benzene rings is 1. The number of hydrogen-bond donors (Lipinski definition) is 4. The number of nitrogens with one attached hydrogen (secondary N) is 1. The second-order valence-corrected chi connectivity index (χ2v) is 5.31. The molecule has 0 fully saturated rings. The van der Waals surface area contributed by atoms with Crippen LogP contribution in [0.2, 0.25) is 0 Å². The maximum Gasteiger partial charge on any atom is 0.326 e. The summed E-state index contributed by atoms with van der Waals surface area (Å²) in [6.07, 6.45) is 0. The average molecular weight is 267 g/mol. The smallest absolute Gasteiger partial charge is 0.326 e. The number of carboxylic acid groups (broad SMARTS) is 1. The molecule has 0 unspecified atom stereocenters. The molecule has 0 aliphatic carbocycles. The number of carbonyl (C=O) groups is 2. The highest BCUT2D eigenvalue weighted by Crippen LogP contribution is 2.25. The SMILES string of the molecule is CC(C)(C)[C@H](NC(=O)c1ccc(O)c(O)c1)C(=O)O. The summed E-state index contributed by atoms with van der Waals surface area (Å²) < 4.78 is 0. The van der Waals surface area contributed by atoms with E-state index in [0.29, 0.717) is 0 Å². The summed E-state index contributed by atoms with van der Waals surface area (Å²) >= 11 is 0. The molecule has 6 nitrogen and oxygen atoms in total. The molecule has 4 N–H and O–H groups in total. The van der Waals surface area contributed by atoms with Crippen LogP contribution in [0.1, 0.15) is 31.1 Å². The van der Waals surface area contributed by atoms with Crippen LogP contribution in [0.3, 0.4) is 0 Å². The highest BCUT2D eigenvalue weighted by atomic mass is 16.4. The minimum absolute atomic E-state index is 0.0748. The molecule has 0 saturated heterocycles. The van der Waals surface area contributed by atoms with E-state index in [2.05, 4.69) is 5.32 Å². The number of carbonyl (C=O) groups excluding carboxylic acids is 1. The monoisotopic (exact) mass is 267 g/mol. The van der Waals surface area contributed by atoms with E-state index in [9.17, 15) is 14.7 Å². The Kier molecular flexibility index (Phi) is 4.04. The van der Waals surface area contributed by atoms with E-state index >= 15 is 0 Å². The molecule has 0 radical (unpaired) electrons. The Hall–Kier alpha value is -2.24. The minimum Gasteiger partial charge on any atom is -0.504 e. The standard InChI is InChI=1S/C13H17NO5/c1-13(2,3)10(12(18)19)14-11(17)7-4-5-8(15)9(16)6-7/h4-6,10,15-16H,1-3H3,(H,14,17)(H,18,19)/t10-/m1/s1. The van der Waals surface area contributed by atoms with E-state index in [1.54, 1.807) is 20.8 Å². The van der Waals surface area contributed by atoms with Crippen LogP contribution >= 0.6 is 0 Å². The van der Waals surface area contributed by atoms with Gasteiger partial charge in [-0.05, 0) is 23.6 Å². The van der Waals surface area contributed by atoms with Gasteiger partial charge >= 0.3 is 5.97 Å².